The van der Waals surface area contributed by atoms with Gasteiger partial charge in [0.2, 0.25) is 11.8 Å². The second-order valence-electron chi connectivity index (χ2n) is 11.2. The Morgan fingerprint density at radius 1 is 0.947 bits per heavy atom. The molecule has 2 amide bonds. The molecule has 0 bridgehead atoms. The van der Waals surface area contributed by atoms with E-state index < -0.39 is 0 Å². The van der Waals surface area contributed by atoms with Crippen molar-refractivity contribution in [2.75, 3.05) is 32.8 Å². The molecule has 0 aliphatic carbocycles. The van der Waals surface area contributed by atoms with Crippen molar-refractivity contribution >= 4 is 33.6 Å². The molecule has 2 atom stereocenters. The minimum atomic E-state index is -0.252. The van der Waals surface area contributed by atoms with Crippen molar-refractivity contribution in [2.45, 2.75) is 43.6 Å². The standard InChI is InChI=1S/C31H34N4O3/c36-29-16-21(19-35(29)20-22-6-5-15-38-22)30(37)34-13-11-31(12-14-34,25-17-32-27-9-3-1-7-23(25)27)26-18-33-28-10-4-2-8-24(26)28/h1-4,7-10,17-18,21-22,32-33H,5-6,11-16,19-20H2/t21-,22+/m0/s1. The number of para-hydroxylation sites is 2. The molecule has 0 unspecified atom stereocenters. The summed E-state index contributed by atoms with van der Waals surface area (Å²) in [7, 11) is 0. The average Bonchev–Trinajstić information content (AvgIpc) is 3.76. The summed E-state index contributed by atoms with van der Waals surface area (Å²) in [6.07, 6.45) is 8.50. The Morgan fingerprint density at radius 2 is 1.58 bits per heavy atom. The number of rotatable bonds is 5. The number of nitrogens with zero attached hydrogens (tertiary/aromatic N) is 2. The van der Waals surface area contributed by atoms with Gasteiger partial charge < -0.3 is 24.5 Å². The van der Waals surface area contributed by atoms with Crippen molar-refractivity contribution < 1.29 is 14.3 Å². The summed E-state index contributed by atoms with van der Waals surface area (Å²) in [6, 6.07) is 17.0. The first-order chi connectivity index (χ1) is 18.6. The summed E-state index contributed by atoms with van der Waals surface area (Å²) in [6.45, 7) is 3.26. The van der Waals surface area contributed by atoms with Gasteiger partial charge >= 0.3 is 0 Å². The number of aromatic nitrogens is 2. The van der Waals surface area contributed by atoms with Gasteiger partial charge in [0.1, 0.15) is 0 Å². The minimum absolute atomic E-state index is 0.0859. The Hall–Kier alpha value is -3.58. The first-order valence-corrected chi connectivity index (χ1v) is 13.9. The number of benzene rings is 2. The molecular formula is C31H34N4O3. The molecule has 3 fully saturated rings. The van der Waals surface area contributed by atoms with E-state index in [0.29, 0.717) is 32.6 Å². The van der Waals surface area contributed by atoms with Crippen LogP contribution in [0.1, 0.15) is 43.2 Å². The summed E-state index contributed by atoms with van der Waals surface area (Å²) in [5.41, 5.74) is 4.65. The van der Waals surface area contributed by atoms with Crippen LogP contribution in [0.15, 0.2) is 60.9 Å². The molecule has 3 aliphatic heterocycles. The summed E-state index contributed by atoms with van der Waals surface area (Å²) in [5, 5.41) is 2.48. The third-order valence-corrected chi connectivity index (χ3v) is 9.15. The van der Waals surface area contributed by atoms with Crippen molar-refractivity contribution in [2.24, 2.45) is 5.92 Å². The van der Waals surface area contributed by atoms with Gasteiger partial charge in [0, 0.05) is 78.8 Å². The highest BCUT2D eigenvalue weighted by molar-refractivity contribution is 5.91. The molecule has 0 spiro atoms. The van der Waals surface area contributed by atoms with Crippen molar-refractivity contribution in [3.63, 3.8) is 0 Å². The van der Waals surface area contributed by atoms with Crippen molar-refractivity contribution in [1.82, 2.24) is 19.8 Å². The van der Waals surface area contributed by atoms with Crippen LogP contribution in [0.2, 0.25) is 0 Å². The maximum atomic E-state index is 13.6. The van der Waals surface area contributed by atoms with Crippen LogP contribution in [-0.2, 0) is 19.7 Å². The lowest BCUT2D eigenvalue weighted by Gasteiger charge is -2.43. The molecule has 0 saturated carbocycles. The predicted octanol–water partition coefficient (Wildman–Crippen LogP) is 4.59. The number of ether oxygens (including phenoxy) is 1. The number of aromatic amines is 2. The van der Waals surface area contributed by atoms with Crippen LogP contribution in [0.25, 0.3) is 21.8 Å². The van der Waals surface area contributed by atoms with E-state index in [1.165, 1.54) is 21.9 Å². The number of hydrogen-bond acceptors (Lipinski definition) is 3. The number of amides is 2. The molecule has 196 valence electrons. The monoisotopic (exact) mass is 510 g/mol. The first kappa shape index (κ1) is 23.5. The van der Waals surface area contributed by atoms with Gasteiger partial charge in [0.25, 0.3) is 0 Å². The Labute approximate surface area is 222 Å². The zero-order valence-corrected chi connectivity index (χ0v) is 21.6. The van der Waals surface area contributed by atoms with E-state index >= 15 is 0 Å². The van der Waals surface area contributed by atoms with Crippen molar-refractivity contribution in [3.8, 4) is 0 Å². The Balaban J connectivity index is 1.15. The van der Waals surface area contributed by atoms with Crippen LogP contribution in [0.5, 0.6) is 0 Å². The fourth-order valence-corrected chi connectivity index (χ4v) is 7.13. The summed E-state index contributed by atoms with van der Waals surface area (Å²) >= 11 is 0. The van der Waals surface area contributed by atoms with Gasteiger partial charge in [-0.2, -0.15) is 0 Å². The number of likely N-dealkylation sites (tertiary alicyclic amines) is 2. The smallest absolute Gasteiger partial charge is 0.227 e. The van der Waals surface area contributed by atoms with E-state index in [2.05, 4.69) is 70.9 Å². The fourth-order valence-electron chi connectivity index (χ4n) is 7.13. The SMILES string of the molecule is O=C1C[C@H](C(=O)N2CCC(c3c[nH]c4ccccc34)(c3c[nH]c4ccccc34)CC2)CN1C[C@H]1CCCO1. The average molecular weight is 511 g/mol. The van der Waals surface area contributed by atoms with Gasteiger partial charge in [-0.25, -0.2) is 0 Å². The van der Waals surface area contributed by atoms with Gasteiger partial charge in [-0.15, -0.1) is 0 Å². The molecule has 3 aliphatic rings. The van der Waals surface area contributed by atoms with Gasteiger partial charge in [-0.1, -0.05) is 36.4 Å². The molecule has 38 heavy (non-hydrogen) atoms. The van der Waals surface area contributed by atoms with E-state index in [1.807, 2.05) is 9.80 Å². The number of piperidine rings is 1. The lowest BCUT2D eigenvalue weighted by molar-refractivity contribution is -0.137. The third-order valence-electron chi connectivity index (χ3n) is 9.15. The van der Waals surface area contributed by atoms with Crippen LogP contribution in [0, 0.1) is 5.92 Å². The van der Waals surface area contributed by atoms with Crippen LogP contribution in [0.3, 0.4) is 0 Å². The van der Waals surface area contributed by atoms with Crippen molar-refractivity contribution in [3.05, 3.63) is 72.1 Å². The second kappa shape index (κ2) is 9.31. The topological polar surface area (TPSA) is 81.4 Å². The second-order valence-corrected chi connectivity index (χ2v) is 11.2. The Morgan fingerprint density at radius 3 is 2.18 bits per heavy atom. The summed E-state index contributed by atoms with van der Waals surface area (Å²) in [5.74, 6) is -0.0417. The zero-order chi connectivity index (χ0) is 25.7. The van der Waals surface area contributed by atoms with E-state index in [-0.39, 0.29) is 29.3 Å². The molecule has 7 heteroatoms. The van der Waals surface area contributed by atoms with Crippen LogP contribution in [0.4, 0.5) is 0 Å². The predicted molar refractivity (Wildman–Crippen MR) is 147 cm³/mol. The number of nitrogens with one attached hydrogen (secondary N) is 2. The molecule has 2 aromatic heterocycles. The Bertz CT molecular complexity index is 1410. The van der Waals surface area contributed by atoms with Gasteiger partial charge in [-0.3, -0.25) is 9.59 Å². The van der Waals surface area contributed by atoms with E-state index in [0.717, 1.165) is 43.3 Å². The molecule has 2 aromatic carbocycles. The molecule has 7 nitrogen and oxygen atoms in total. The Kier molecular flexibility index (Phi) is 5.77. The van der Waals surface area contributed by atoms with E-state index in [9.17, 15) is 9.59 Å². The van der Waals surface area contributed by atoms with E-state index in [1.54, 1.807) is 0 Å². The molecular weight excluding hydrogens is 476 g/mol. The summed E-state index contributed by atoms with van der Waals surface area (Å²) < 4.78 is 5.74. The van der Waals surface area contributed by atoms with Gasteiger partial charge in [0.05, 0.1) is 12.0 Å². The van der Waals surface area contributed by atoms with Crippen LogP contribution in [-0.4, -0.2) is 70.5 Å². The third kappa shape index (κ3) is 3.83. The quantitative estimate of drug-likeness (QED) is 0.412. The number of hydrogen-bond donors (Lipinski definition) is 2. The van der Waals surface area contributed by atoms with Gasteiger partial charge in [0.15, 0.2) is 0 Å². The van der Waals surface area contributed by atoms with E-state index in [4.69, 9.17) is 4.74 Å². The van der Waals surface area contributed by atoms with Crippen LogP contribution < -0.4 is 0 Å². The molecule has 5 heterocycles. The summed E-state index contributed by atoms with van der Waals surface area (Å²) in [4.78, 5) is 37.2. The fraction of sp³-hybridized carbons (Fsp3) is 0.419. The van der Waals surface area contributed by atoms with Crippen LogP contribution >= 0.6 is 0 Å². The first-order valence-electron chi connectivity index (χ1n) is 13.9. The lowest BCUT2D eigenvalue weighted by atomic mass is 9.67. The largest absolute Gasteiger partial charge is 0.376 e. The van der Waals surface area contributed by atoms with Crippen molar-refractivity contribution in [1.29, 1.82) is 0 Å². The highest BCUT2D eigenvalue weighted by Crippen LogP contribution is 2.47. The highest BCUT2D eigenvalue weighted by atomic mass is 16.5. The molecule has 4 aromatic rings. The minimum Gasteiger partial charge on any atom is -0.376 e. The molecule has 3 saturated heterocycles. The molecule has 7 rings (SSSR count). The number of fused-ring (bicyclic) bond motifs is 2. The number of carbonyl (C=O) groups excluding carboxylic acids is 2. The highest BCUT2D eigenvalue weighted by Gasteiger charge is 2.44. The molecule has 2 N–H and O–H groups in total. The molecule has 0 radical (unpaired) electrons. The van der Waals surface area contributed by atoms with Gasteiger partial charge in [-0.05, 0) is 48.9 Å². The maximum absolute atomic E-state index is 13.6. The maximum Gasteiger partial charge on any atom is 0.227 e. The number of carbonyl (C=O) groups is 2. The number of H-pyrrole nitrogens is 2. The normalized spacial score (nSPS) is 23.6. The zero-order valence-electron chi connectivity index (χ0n) is 21.6. The lowest BCUT2D eigenvalue weighted by Crippen LogP contribution is -2.48.